The number of carbonyl (C=O) groups excluding carboxylic acids is 1. The molecule has 0 saturated heterocycles. The summed E-state index contributed by atoms with van der Waals surface area (Å²) in [5.41, 5.74) is -0.723. The zero-order valence-electron chi connectivity index (χ0n) is 10.7. The third-order valence-electron chi connectivity index (χ3n) is 3.84. The summed E-state index contributed by atoms with van der Waals surface area (Å²) in [6.45, 7) is 0. The zero-order valence-corrected chi connectivity index (χ0v) is 12.3. The molecule has 5 nitrogen and oxygen atoms in total. The van der Waals surface area contributed by atoms with Crippen molar-refractivity contribution in [1.29, 1.82) is 0 Å². The fourth-order valence-electron chi connectivity index (χ4n) is 2.64. The molecule has 1 N–H and O–H groups in total. The smallest absolute Gasteiger partial charge is 0.329 e. The standard InChI is InChI=1S/C13H16BrNO4/c1-15(11(16)9-7-10(14)19-8-9)13(12(17)18)5-3-2-4-6-13/h7-8H,2-6H2,1H3,(H,17,18). The summed E-state index contributed by atoms with van der Waals surface area (Å²) in [6, 6.07) is 1.55. The second-order valence-corrected chi connectivity index (χ2v) is 5.68. The van der Waals surface area contributed by atoms with Crippen molar-refractivity contribution < 1.29 is 19.1 Å². The van der Waals surface area contributed by atoms with Gasteiger partial charge >= 0.3 is 5.97 Å². The van der Waals surface area contributed by atoms with Crippen LogP contribution in [-0.4, -0.2) is 34.5 Å². The molecular weight excluding hydrogens is 314 g/mol. The van der Waals surface area contributed by atoms with Crippen LogP contribution in [0.5, 0.6) is 0 Å². The van der Waals surface area contributed by atoms with E-state index in [4.69, 9.17) is 4.42 Å². The first-order valence-electron chi connectivity index (χ1n) is 6.23. The third kappa shape index (κ3) is 2.54. The van der Waals surface area contributed by atoms with Crippen molar-refractivity contribution in [3.05, 3.63) is 22.6 Å². The first kappa shape index (κ1) is 14.1. The normalized spacial score (nSPS) is 18.0. The van der Waals surface area contributed by atoms with Crippen LogP contribution >= 0.6 is 15.9 Å². The Kier molecular flexibility index (Phi) is 3.99. The average Bonchev–Trinajstić information content (AvgIpc) is 2.84. The van der Waals surface area contributed by atoms with Crippen molar-refractivity contribution in [3.8, 4) is 0 Å². The zero-order chi connectivity index (χ0) is 14.0. The number of aliphatic carboxylic acids is 1. The molecule has 19 heavy (non-hydrogen) atoms. The van der Waals surface area contributed by atoms with Crippen LogP contribution < -0.4 is 0 Å². The Balaban J connectivity index is 2.27. The largest absolute Gasteiger partial charge is 0.479 e. The van der Waals surface area contributed by atoms with Gasteiger partial charge in [0.1, 0.15) is 11.8 Å². The second kappa shape index (κ2) is 5.36. The molecule has 1 aromatic heterocycles. The maximum absolute atomic E-state index is 12.3. The Morgan fingerprint density at radius 3 is 2.47 bits per heavy atom. The number of nitrogens with zero attached hydrogens (tertiary/aromatic N) is 1. The molecule has 0 spiro atoms. The number of furan rings is 1. The SMILES string of the molecule is CN(C(=O)c1coc(Br)c1)C1(C(=O)O)CCCCC1. The first-order valence-corrected chi connectivity index (χ1v) is 7.02. The molecule has 1 aliphatic carbocycles. The van der Waals surface area contributed by atoms with Crippen molar-refractivity contribution in [1.82, 2.24) is 4.90 Å². The highest BCUT2D eigenvalue weighted by Gasteiger charge is 2.45. The van der Waals surface area contributed by atoms with Crippen LogP contribution in [0.3, 0.4) is 0 Å². The van der Waals surface area contributed by atoms with Gasteiger partial charge in [-0.15, -0.1) is 0 Å². The van der Waals surface area contributed by atoms with E-state index in [2.05, 4.69) is 15.9 Å². The molecule has 0 aliphatic heterocycles. The van der Waals surface area contributed by atoms with Crippen LogP contribution in [0.25, 0.3) is 0 Å². The van der Waals surface area contributed by atoms with Gasteiger partial charge in [0.05, 0.1) is 5.56 Å². The number of rotatable bonds is 3. The molecule has 0 unspecified atom stereocenters. The van der Waals surface area contributed by atoms with Gasteiger partial charge in [0.2, 0.25) is 0 Å². The van der Waals surface area contributed by atoms with Gasteiger partial charge in [-0.3, -0.25) is 4.79 Å². The highest BCUT2D eigenvalue weighted by Crippen LogP contribution is 2.34. The first-order chi connectivity index (χ1) is 8.97. The van der Waals surface area contributed by atoms with Crippen molar-refractivity contribution >= 4 is 27.8 Å². The molecule has 2 rings (SSSR count). The van der Waals surface area contributed by atoms with Crippen molar-refractivity contribution in [2.45, 2.75) is 37.6 Å². The highest BCUT2D eigenvalue weighted by atomic mass is 79.9. The van der Waals surface area contributed by atoms with E-state index < -0.39 is 11.5 Å². The molecule has 0 bridgehead atoms. The van der Waals surface area contributed by atoms with Crippen LogP contribution in [0, 0.1) is 0 Å². The molecule has 0 aromatic carbocycles. The maximum Gasteiger partial charge on any atom is 0.329 e. The summed E-state index contributed by atoms with van der Waals surface area (Å²) in [4.78, 5) is 25.3. The van der Waals surface area contributed by atoms with E-state index in [0.29, 0.717) is 23.1 Å². The Morgan fingerprint density at radius 2 is 2.00 bits per heavy atom. The quantitative estimate of drug-likeness (QED) is 0.925. The van der Waals surface area contributed by atoms with Gasteiger partial charge in [0, 0.05) is 13.1 Å². The van der Waals surface area contributed by atoms with E-state index in [9.17, 15) is 14.7 Å². The summed E-state index contributed by atoms with van der Waals surface area (Å²) in [6.07, 6.45) is 5.03. The number of carboxylic acid groups (broad SMARTS) is 1. The van der Waals surface area contributed by atoms with E-state index >= 15 is 0 Å². The number of amides is 1. The molecule has 1 aromatic rings. The minimum Gasteiger partial charge on any atom is -0.479 e. The molecule has 104 valence electrons. The highest BCUT2D eigenvalue weighted by molar-refractivity contribution is 9.10. The summed E-state index contributed by atoms with van der Waals surface area (Å²) in [5.74, 6) is -1.25. The molecule has 1 fully saturated rings. The molecule has 0 radical (unpaired) electrons. The number of likely N-dealkylation sites (N-methyl/N-ethyl adjacent to an activating group) is 1. The van der Waals surface area contributed by atoms with Crippen molar-refractivity contribution in [2.75, 3.05) is 7.05 Å². The molecule has 0 atom stereocenters. The van der Waals surface area contributed by atoms with E-state index in [-0.39, 0.29) is 5.91 Å². The topological polar surface area (TPSA) is 70.8 Å². The van der Waals surface area contributed by atoms with Gasteiger partial charge in [0.15, 0.2) is 4.67 Å². The Hall–Kier alpha value is -1.30. The number of carboxylic acids is 1. The van der Waals surface area contributed by atoms with Crippen LogP contribution in [0.15, 0.2) is 21.4 Å². The molecule has 1 heterocycles. The minimum atomic E-state index is -1.08. The van der Waals surface area contributed by atoms with Crippen molar-refractivity contribution in [3.63, 3.8) is 0 Å². The lowest BCUT2D eigenvalue weighted by Gasteiger charge is -2.40. The molecule has 6 heteroatoms. The summed E-state index contributed by atoms with van der Waals surface area (Å²) in [5, 5.41) is 9.53. The molecule has 1 aliphatic rings. The monoisotopic (exact) mass is 329 g/mol. The maximum atomic E-state index is 12.3. The fraction of sp³-hybridized carbons (Fsp3) is 0.538. The van der Waals surface area contributed by atoms with Crippen LogP contribution in [0.2, 0.25) is 0 Å². The van der Waals surface area contributed by atoms with Crippen molar-refractivity contribution in [2.24, 2.45) is 0 Å². The molecule has 1 saturated carbocycles. The van der Waals surface area contributed by atoms with Gasteiger partial charge in [0.25, 0.3) is 5.91 Å². The van der Waals surface area contributed by atoms with E-state index in [1.54, 1.807) is 13.1 Å². The van der Waals surface area contributed by atoms with Crippen LogP contribution in [-0.2, 0) is 4.79 Å². The Bertz CT molecular complexity index is 491. The van der Waals surface area contributed by atoms with Gasteiger partial charge in [-0.1, -0.05) is 19.3 Å². The Labute approximate surface area is 119 Å². The lowest BCUT2D eigenvalue weighted by Crippen LogP contribution is -2.56. The minimum absolute atomic E-state index is 0.321. The van der Waals surface area contributed by atoms with Crippen LogP contribution in [0.1, 0.15) is 42.5 Å². The number of carbonyl (C=O) groups is 2. The third-order valence-corrected chi connectivity index (χ3v) is 4.26. The van der Waals surface area contributed by atoms with E-state index in [1.165, 1.54) is 11.2 Å². The molecule has 1 amide bonds. The lowest BCUT2D eigenvalue weighted by atomic mass is 9.80. The number of hydrogen-bond donors (Lipinski definition) is 1. The lowest BCUT2D eigenvalue weighted by molar-refractivity contribution is -0.151. The summed E-state index contributed by atoms with van der Waals surface area (Å²) >= 11 is 3.13. The van der Waals surface area contributed by atoms with Gasteiger partial charge in [-0.05, 0) is 28.8 Å². The van der Waals surface area contributed by atoms with Gasteiger partial charge in [-0.2, -0.15) is 0 Å². The predicted octanol–water partition coefficient (Wildman–Crippen LogP) is 2.90. The summed E-state index contributed by atoms with van der Waals surface area (Å²) in [7, 11) is 1.56. The van der Waals surface area contributed by atoms with E-state index in [0.717, 1.165) is 19.3 Å². The molecular formula is C13H16BrNO4. The second-order valence-electron chi connectivity index (χ2n) is 4.90. The van der Waals surface area contributed by atoms with E-state index in [1.807, 2.05) is 0 Å². The van der Waals surface area contributed by atoms with Crippen LogP contribution in [0.4, 0.5) is 0 Å². The fourth-order valence-corrected chi connectivity index (χ4v) is 2.98. The predicted molar refractivity (Wildman–Crippen MR) is 72.0 cm³/mol. The summed E-state index contributed by atoms with van der Waals surface area (Å²) < 4.78 is 5.49. The average molecular weight is 330 g/mol. The Morgan fingerprint density at radius 1 is 1.37 bits per heavy atom. The number of halogens is 1. The van der Waals surface area contributed by atoms with Gasteiger partial charge < -0.3 is 14.4 Å². The number of hydrogen-bond acceptors (Lipinski definition) is 3. The van der Waals surface area contributed by atoms with Gasteiger partial charge in [-0.25, -0.2) is 4.79 Å².